The van der Waals surface area contributed by atoms with Crippen LogP contribution in [-0.4, -0.2) is 30.6 Å². The number of ether oxygens (including phenoxy) is 1. The lowest BCUT2D eigenvalue weighted by Gasteiger charge is -2.18. The Bertz CT molecular complexity index is 403. The van der Waals surface area contributed by atoms with Crippen LogP contribution < -0.4 is 0 Å². The first-order valence-corrected chi connectivity index (χ1v) is 7.08. The Labute approximate surface area is 117 Å². The average molecular weight is 314 g/mol. The van der Waals surface area contributed by atoms with Gasteiger partial charge in [0.2, 0.25) is 0 Å². The van der Waals surface area contributed by atoms with E-state index in [1.54, 1.807) is 6.07 Å². The molecule has 0 heterocycles. The summed E-state index contributed by atoms with van der Waals surface area (Å²) in [5.41, 5.74) is 1.73. The highest BCUT2D eigenvalue weighted by molar-refractivity contribution is 9.10. The van der Waals surface area contributed by atoms with Crippen LogP contribution in [0.15, 0.2) is 22.7 Å². The zero-order valence-corrected chi connectivity index (χ0v) is 12.8. The molecule has 0 spiro atoms. The van der Waals surface area contributed by atoms with Crippen LogP contribution in [0, 0.1) is 0 Å². The quantitative estimate of drug-likeness (QED) is 0.753. The summed E-state index contributed by atoms with van der Waals surface area (Å²) in [5.74, 6) is -0.264. The molecule has 0 aliphatic rings. The number of nitrogens with zero attached hydrogens (tertiary/aromatic N) is 1. The van der Waals surface area contributed by atoms with Crippen molar-refractivity contribution in [2.75, 3.05) is 19.7 Å². The fourth-order valence-corrected chi connectivity index (χ4v) is 2.32. The number of benzene rings is 1. The fourth-order valence-electron chi connectivity index (χ4n) is 1.78. The van der Waals surface area contributed by atoms with Gasteiger partial charge in [-0.05, 0) is 43.8 Å². The molecule has 0 fully saturated rings. The van der Waals surface area contributed by atoms with Crippen molar-refractivity contribution in [1.82, 2.24) is 4.90 Å². The average Bonchev–Trinajstić information content (AvgIpc) is 2.35. The summed E-state index contributed by atoms with van der Waals surface area (Å²) in [4.78, 5) is 14.0. The van der Waals surface area contributed by atoms with Crippen LogP contribution in [0.25, 0.3) is 0 Å². The van der Waals surface area contributed by atoms with Crippen LogP contribution in [0.3, 0.4) is 0 Å². The summed E-state index contributed by atoms with van der Waals surface area (Å²) >= 11 is 3.44. The minimum Gasteiger partial charge on any atom is -0.462 e. The third-order valence-corrected chi connectivity index (χ3v) is 3.23. The van der Waals surface area contributed by atoms with Crippen LogP contribution in [0.1, 0.15) is 36.7 Å². The topological polar surface area (TPSA) is 29.5 Å². The van der Waals surface area contributed by atoms with Crippen LogP contribution in [0.5, 0.6) is 0 Å². The SMILES string of the molecule is CCOC(=O)c1cc(Br)cc(CN(CC)CC)c1. The summed E-state index contributed by atoms with van der Waals surface area (Å²) in [6.07, 6.45) is 0. The summed E-state index contributed by atoms with van der Waals surface area (Å²) in [6, 6.07) is 5.74. The molecule has 1 aromatic carbocycles. The molecule has 4 heteroatoms. The molecule has 100 valence electrons. The molecule has 3 nitrogen and oxygen atoms in total. The van der Waals surface area contributed by atoms with Gasteiger partial charge in [0, 0.05) is 11.0 Å². The van der Waals surface area contributed by atoms with Crippen LogP contribution in [-0.2, 0) is 11.3 Å². The molecular weight excluding hydrogens is 294 g/mol. The zero-order valence-electron chi connectivity index (χ0n) is 11.2. The number of carbonyl (C=O) groups excluding carboxylic acids is 1. The predicted octanol–water partition coefficient (Wildman–Crippen LogP) is 3.47. The number of hydrogen-bond acceptors (Lipinski definition) is 3. The molecule has 0 aliphatic heterocycles. The maximum absolute atomic E-state index is 11.7. The lowest BCUT2D eigenvalue weighted by atomic mass is 10.1. The van der Waals surface area contributed by atoms with Gasteiger partial charge < -0.3 is 4.74 Å². The second-order valence-corrected chi connectivity index (χ2v) is 4.95. The van der Waals surface area contributed by atoms with Crippen molar-refractivity contribution < 1.29 is 9.53 Å². The minimum absolute atomic E-state index is 0.264. The van der Waals surface area contributed by atoms with Crippen LogP contribution in [0.2, 0.25) is 0 Å². The summed E-state index contributed by atoms with van der Waals surface area (Å²) in [7, 11) is 0. The summed E-state index contributed by atoms with van der Waals surface area (Å²) in [6.45, 7) is 9.32. The Hall–Kier alpha value is -0.870. The van der Waals surface area contributed by atoms with Crippen molar-refractivity contribution in [2.24, 2.45) is 0 Å². The van der Waals surface area contributed by atoms with Crippen molar-refractivity contribution in [1.29, 1.82) is 0 Å². The van der Waals surface area contributed by atoms with Gasteiger partial charge in [0.05, 0.1) is 12.2 Å². The molecular formula is C14H20BrNO2. The summed E-state index contributed by atoms with van der Waals surface area (Å²) in [5, 5.41) is 0. The molecule has 0 saturated carbocycles. The van der Waals surface area contributed by atoms with E-state index in [0.717, 1.165) is 29.7 Å². The molecule has 1 rings (SSSR count). The Balaban J connectivity index is 2.90. The third kappa shape index (κ3) is 4.42. The molecule has 0 unspecified atom stereocenters. The van der Waals surface area contributed by atoms with Crippen LogP contribution >= 0.6 is 15.9 Å². The molecule has 1 aromatic rings. The van der Waals surface area contributed by atoms with E-state index in [2.05, 4.69) is 34.7 Å². The highest BCUT2D eigenvalue weighted by Crippen LogP contribution is 2.18. The van der Waals surface area contributed by atoms with Crippen molar-refractivity contribution in [2.45, 2.75) is 27.3 Å². The van der Waals surface area contributed by atoms with Gasteiger partial charge in [0.15, 0.2) is 0 Å². The normalized spacial score (nSPS) is 10.7. The zero-order chi connectivity index (χ0) is 13.5. The smallest absolute Gasteiger partial charge is 0.338 e. The van der Waals surface area contributed by atoms with E-state index < -0.39 is 0 Å². The Morgan fingerprint density at radius 3 is 2.44 bits per heavy atom. The number of hydrogen-bond donors (Lipinski definition) is 0. The number of halogens is 1. The second-order valence-electron chi connectivity index (χ2n) is 4.03. The van der Waals surface area contributed by atoms with E-state index in [0.29, 0.717) is 12.2 Å². The van der Waals surface area contributed by atoms with E-state index >= 15 is 0 Å². The Morgan fingerprint density at radius 1 is 1.22 bits per heavy atom. The van der Waals surface area contributed by atoms with Gasteiger partial charge in [-0.2, -0.15) is 0 Å². The summed E-state index contributed by atoms with van der Waals surface area (Å²) < 4.78 is 5.93. The fraction of sp³-hybridized carbons (Fsp3) is 0.500. The Kier molecular flexibility index (Phi) is 6.36. The highest BCUT2D eigenvalue weighted by Gasteiger charge is 2.10. The van der Waals surface area contributed by atoms with Gasteiger partial charge >= 0.3 is 5.97 Å². The first kappa shape index (κ1) is 15.2. The van der Waals surface area contributed by atoms with E-state index in [1.165, 1.54) is 0 Å². The molecule has 0 aliphatic carbocycles. The molecule has 0 amide bonds. The first-order chi connectivity index (χ1) is 8.60. The molecule has 0 radical (unpaired) electrons. The van der Waals surface area contributed by atoms with Gasteiger partial charge in [0.1, 0.15) is 0 Å². The first-order valence-electron chi connectivity index (χ1n) is 6.29. The van der Waals surface area contributed by atoms with Crippen molar-refractivity contribution in [3.05, 3.63) is 33.8 Å². The molecule has 0 N–H and O–H groups in total. The monoisotopic (exact) mass is 313 g/mol. The van der Waals surface area contributed by atoms with Gasteiger partial charge in [0.25, 0.3) is 0 Å². The van der Waals surface area contributed by atoms with Gasteiger partial charge in [-0.15, -0.1) is 0 Å². The third-order valence-electron chi connectivity index (χ3n) is 2.77. The standard InChI is InChI=1S/C14H20BrNO2/c1-4-16(5-2)10-11-7-12(9-13(15)8-11)14(17)18-6-3/h7-9H,4-6,10H2,1-3H3. The van der Waals surface area contributed by atoms with Crippen molar-refractivity contribution >= 4 is 21.9 Å². The Morgan fingerprint density at radius 2 is 1.89 bits per heavy atom. The van der Waals surface area contributed by atoms with E-state index in [9.17, 15) is 4.79 Å². The number of rotatable bonds is 6. The lowest BCUT2D eigenvalue weighted by Crippen LogP contribution is -2.22. The van der Waals surface area contributed by atoms with Crippen LogP contribution in [0.4, 0.5) is 0 Å². The highest BCUT2D eigenvalue weighted by atomic mass is 79.9. The largest absolute Gasteiger partial charge is 0.462 e. The predicted molar refractivity (Wildman–Crippen MR) is 76.7 cm³/mol. The van der Waals surface area contributed by atoms with E-state index in [1.807, 2.05) is 19.1 Å². The second kappa shape index (κ2) is 7.54. The molecule has 0 aromatic heterocycles. The maximum atomic E-state index is 11.7. The maximum Gasteiger partial charge on any atom is 0.338 e. The minimum atomic E-state index is -0.264. The van der Waals surface area contributed by atoms with E-state index in [4.69, 9.17) is 4.74 Å². The van der Waals surface area contributed by atoms with Crippen molar-refractivity contribution in [3.8, 4) is 0 Å². The molecule has 0 bridgehead atoms. The van der Waals surface area contributed by atoms with Gasteiger partial charge in [-0.1, -0.05) is 29.8 Å². The number of esters is 1. The molecule has 18 heavy (non-hydrogen) atoms. The van der Waals surface area contributed by atoms with Gasteiger partial charge in [-0.25, -0.2) is 4.79 Å². The van der Waals surface area contributed by atoms with Crippen molar-refractivity contribution in [3.63, 3.8) is 0 Å². The lowest BCUT2D eigenvalue weighted by molar-refractivity contribution is 0.0526. The van der Waals surface area contributed by atoms with E-state index in [-0.39, 0.29) is 5.97 Å². The molecule has 0 saturated heterocycles. The van der Waals surface area contributed by atoms with Gasteiger partial charge in [-0.3, -0.25) is 4.90 Å². The number of carbonyl (C=O) groups is 1. The molecule has 0 atom stereocenters.